The Bertz CT molecular complexity index is 902. The van der Waals surface area contributed by atoms with E-state index in [0.717, 1.165) is 18.9 Å². The first-order valence-corrected chi connectivity index (χ1v) is 8.52. The maximum absolute atomic E-state index is 14.2. The second kappa shape index (κ2) is 6.19. The van der Waals surface area contributed by atoms with E-state index in [1.165, 1.54) is 12.1 Å². The number of halogens is 4. The molecule has 0 amide bonds. The van der Waals surface area contributed by atoms with Gasteiger partial charge in [0.25, 0.3) is 5.56 Å². The molecule has 1 aliphatic carbocycles. The topological polar surface area (TPSA) is 49.0 Å². The summed E-state index contributed by atoms with van der Waals surface area (Å²) in [7, 11) is 0. The zero-order valence-electron chi connectivity index (χ0n) is 13.9. The zero-order chi connectivity index (χ0) is 18.5. The molecule has 1 N–H and O–H groups in total. The largest absolute Gasteiger partial charge is 0.419 e. The van der Waals surface area contributed by atoms with Gasteiger partial charge in [-0.3, -0.25) is 9.69 Å². The molecule has 1 fully saturated rings. The maximum atomic E-state index is 14.2. The van der Waals surface area contributed by atoms with Crippen LogP contribution in [0.15, 0.2) is 23.0 Å². The van der Waals surface area contributed by atoms with Crippen LogP contribution in [0.4, 0.5) is 17.6 Å². The molecule has 4 rings (SSSR count). The summed E-state index contributed by atoms with van der Waals surface area (Å²) in [5.41, 5.74) is -0.125. The minimum absolute atomic E-state index is 0.00414. The first-order chi connectivity index (χ1) is 12.3. The van der Waals surface area contributed by atoms with E-state index in [-0.39, 0.29) is 17.7 Å². The predicted octanol–water partition coefficient (Wildman–Crippen LogP) is 3.36. The van der Waals surface area contributed by atoms with Gasteiger partial charge < -0.3 is 4.98 Å². The van der Waals surface area contributed by atoms with Crippen LogP contribution in [0.1, 0.15) is 47.0 Å². The Morgan fingerprint density at radius 3 is 2.73 bits per heavy atom. The average Bonchev–Trinajstić information content (AvgIpc) is 3.40. The predicted molar refractivity (Wildman–Crippen MR) is 86.1 cm³/mol. The van der Waals surface area contributed by atoms with Gasteiger partial charge >= 0.3 is 6.18 Å². The molecule has 1 aliphatic heterocycles. The number of fused-ring (bicyclic) bond motifs is 1. The van der Waals surface area contributed by atoms with Crippen molar-refractivity contribution in [1.29, 1.82) is 0 Å². The van der Waals surface area contributed by atoms with Crippen LogP contribution < -0.4 is 5.56 Å². The summed E-state index contributed by atoms with van der Waals surface area (Å²) in [6.45, 7) is 0.841. The fourth-order valence-corrected chi connectivity index (χ4v) is 3.36. The molecule has 2 aromatic rings. The van der Waals surface area contributed by atoms with Crippen molar-refractivity contribution in [2.24, 2.45) is 0 Å². The fourth-order valence-electron chi connectivity index (χ4n) is 3.36. The summed E-state index contributed by atoms with van der Waals surface area (Å²) in [5, 5.41) is 0. The van der Waals surface area contributed by atoms with Crippen molar-refractivity contribution < 1.29 is 17.6 Å². The van der Waals surface area contributed by atoms with Gasteiger partial charge in [0.1, 0.15) is 11.6 Å². The highest BCUT2D eigenvalue weighted by Gasteiger charge is 2.35. The molecule has 8 heteroatoms. The number of benzene rings is 1. The van der Waals surface area contributed by atoms with Crippen LogP contribution in [0.5, 0.6) is 0 Å². The standard InChI is InChI=1S/C18H17F4N3O/c19-15-11(2-1-3-13(15)18(20,21)22)8-25-7-6-12-14(9-25)23-16(10-4-5-10)24-17(12)26/h1-3,10H,4-9H2,(H,23,24,26). The zero-order valence-corrected chi connectivity index (χ0v) is 13.9. The SMILES string of the molecule is O=c1[nH]c(C2CC2)nc2c1CCN(Cc1cccc(C(F)(F)F)c1F)C2. The van der Waals surface area contributed by atoms with Crippen LogP contribution in [-0.4, -0.2) is 21.4 Å². The first kappa shape index (κ1) is 17.2. The number of nitrogens with one attached hydrogen (secondary N) is 1. The lowest BCUT2D eigenvalue weighted by Crippen LogP contribution is -2.35. The van der Waals surface area contributed by atoms with Crippen LogP contribution in [0.2, 0.25) is 0 Å². The Balaban J connectivity index is 1.58. The van der Waals surface area contributed by atoms with Crippen LogP contribution in [0.3, 0.4) is 0 Å². The average molecular weight is 367 g/mol. The second-order valence-corrected chi connectivity index (χ2v) is 6.89. The molecule has 138 valence electrons. The smallest absolute Gasteiger partial charge is 0.310 e. The van der Waals surface area contributed by atoms with Gasteiger partial charge in [0.2, 0.25) is 0 Å². The van der Waals surface area contributed by atoms with E-state index in [2.05, 4.69) is 9.97 Å². The molecule has 1 aromatic heterocycles. The highest BCUT2D eigenvalue weighted by molar-refractivity contribution is 5.29. The van der Waals surface area contributed by atoms with Crippen LogP contribution in [0.25, 0.3) is 0 Å². The van der Waals surface area contributed by atoms with Gasteiger partial charge in [0.15, 0.2) is 0 Å². The molecule has 26 heavy (non-hydrogen) atoms. The minimum atomic E-state index is -4.72. The van der Waals surface area contributed by atoms with E-state index < -0.39 is 17.6 Å². The first-order valence-electron chi connectivity index (χ1n) is 8.52. The Morgan fingerprint density at radius 2 is 2.04 bits per heavy atom. The second-order valence-electron chi connectivity index (χ2n) is 6.89. The van der Waals surface area contributed by atoms with Gasteiger partial charge in [0, 0.05) is 36.7 Å². The van der Waals surface area contributed by atoms with E-state index in [1.807, 2.05) is 4.90 Å². The summed E-state index contributed by atoms with van der Waals surface area (Å²) in [5.74, 6) is -0.256. The molecule has 4 nitrogen and oxygen atoms in total. The third kappa shape index (κ3) is 3.25. The van der Waals surface area contributed by atoms with Gasteiger partial charge in [-0.1, -0.05) is 12.1 Å². The minimum Gasteiger partial charge on any atom is -0.310 e. The molecule has 1 aromatic carbocycles. The Labute approximate surface area is 146 Å². The lowest BCUT2D eigenvalue weighted by Gasteiger charge is -2.28. The molecular formula is C18H17F4N3O. The van der Waals surface area contributed by atoms with Crippen molar-refractivity contribution in [1.82, 2.24) is 14.9 Å². The van der Waals surface area contributed by atoms with Gasteiger partial charge in [-0.15, -0.1) is 0 Å². The van der Waals surface area contributed by atoms with Gasteiger partial charge in [-0.05, 0) is 25.3 Å². The summed E-state index contributed by atoms with van der Waals surface area (Å²) in [6, 6.07) is 3.32. The third-order valence-electron chi connectivity index (χ3n) is 4.91. The van der Waals surface area contributed by atoms with Crippen molar-refractivity contribution in [3.8, 4) is 0 Å². The Hall–Kier alpha value is -2.22. The van der Waals surface area contributed by atoms with Crippen molar-refractivity contribution in [2.45, 2.75) is 44.4 Å². The number of alkyl halides is 3. The molecule has 0 saturated heterocycles. The highest BCUT2D eigenvalue weighted by atomic mass is 19.4. The lowest BCUT2D eigenvalue weighted by atomic mass is 10.0. The maximum Gasteiger partial charge on any atom is 0.419 e. The number of hydrogen-bond donors (Lipinski definition) is 1. The van der Waals surface area contributed by atoms with Crippen molar-refractivity contribution >= 4 is 0 Å². The van der Waals surface area contributed by atoms with E-state index in [4.69, 9.17) is 0 Å². The lowest BCUT2D eigenvalue weighted by molar-refractivity contribution is -0.140. The fraction of sp³-hybridized carbons (Fsp3) is 0.444. The Morgan fingerprint density at radius 1 is 1.27 bits per heavy atom. The number of aromatic amines is 1. The molecule has 0 atom stereocenters. The number of H-pyrrole nitrogens is 1. The summed E-state index contributed by atoms with van der Waals surface area (Å²) < 4.78 is 52.9. The number of aromatic nitrogens is 2. The molecule has 2 aliphatic rings. The van der Waals surface area contributed by atoms with Crippen LogP contribution in [-0.2, 0) is 25.7 Å². The van der Waals surface area contributed by atoms with E-state index in [0.29, 0.717) is 42.5 Å². The van der Waals surface area contributed by atoms with Crippen molar-refractivity contribution in [3.63, 3.8) is 0 Å². The molecule has 0 spiro atoms. The third-order valence-corrected chi connectivity index (χ3v) is 4.91. The van der Waals surface area contributed by atoms with Crippen LogP contribution >= 0.6 is 0 Å². The molecule has 1 saturated carbocycles. The summed E-state index contributed by atoms with van der Waals surface area (Å²) in [4.78, 5) is 21.4. The van der Waals surface area contributed by atoms with Gasteiger partial charge in [0.05, 0.1) is 11.3 Å². The van der Waals surface area contributed by atoms with Gasteiger partial charge in [-0.2, -0.15) is 13.2 Å². The quantitative estimate of drug-likeness (QED) is 0.847. The Kier molecular flexibility index (Phi) is 4.10. The normalized spacial score (nSPS) is 18.0. The molecule has 0 unspecified atom stereocenters. The molecule has 2 heterocycles. The highest BCUT2D eigenvalue weighted by Crippen LogP contribution is 2.38. The van der Waals surface area contributed by atoms with E-state index in [9.17, 15) is 22.4 Å². The summed E-state index contributed by atoms with van der Waals surface area (Å²) >= 11 is 0. The number of nitrogens with zero attached hydrogens (tertiary/aromatic N) is 2. The van der Waals surface area contributed by atoms with Crippen molar-refractivity contribution in [3.05, 3.63) is 62.6 Å². The monoisotopic (exact) mass is 367 g/mol. The summed E-state index contributed by atoms with van der Waals surface area (Å²) in [6.07, 6.45) is -2.27. The van der Waals surface area contributed by atoms with E-state index >= 15 is 0 Å². The molecular weight excluding hydrogens is 350 g/mol. The molecule has 0 bridgehead atoms. The van der Waals surface area contributed by atoms with Crippen molar-refractivity contribution in [2.75, 3.05) is 6.54 Å². The molecule has 0 radical (unpaired) electrons. The van der Waals surface area contributed by atoms with Gasteiger partial charge in [-0.25, -0.2) is 9.37 Å². The number of hydrogen-bond acceptors (Lipinski definition) is 3. The van der Waals surface area contributed by atoms with Crippen LogP contribution in [0, 0.1) is 5.82 Å². The van der Waals surface area contributed by atoms with E-state index in [1.54, 1.807) is 0 Å². The number of rotatable bonds is 3.